The molecule has 1 atom stereocenters. The smallest absolute Gasteiger partial charge is 0.237 e. The van der Waals surface area contributed by atoms with Crippen molar-refractivity contribution in [3.63, 3.8) is 0 Å². The predicted molar refractivity (Wildman–Crippen MR) is 126 cm³/mol. The van der Waals surface area contributed by atoms with Crippen LogP contribution in [0.5, 0.6) is 5.75 Å². The fourth-order valence-electron chi connectivity index (χ4n) is 2.48. The molecule has 0 unspecified atom stereocenters. The van der Waals surface area contributed by atoms with Gasteiger partial charge in [0.05, 0.1) is 23.1 Å². The molecule has 0 aliphatic heterocycles. The number of benzene rings is 2. The minimum Gasteiger partial charge on any atom is -0.495 e. The van der Waals surface area contributed by atoms with Gasteiger partial charge in [-0.15, -0.1) is 11.8 Å². The van der Waals surface area contributed by atoms with E-state index in [2.05, 4.69) is 25.6 Å². The lowest BCUT2D eigenvalue weighted by Gasteiger charge is -2.13. The van der Waals surface area contributed by atoms with E-state index in [0.29, 0.717) is 39.0 Å². The van der Waals surface area contributed by atoms with Crippen molar-refractivity contribution in [2.45, 2.75) is 17.9 Å². The number of nitrogens with two attached hydrogens (primary N) is 1. The van der Waals surface area contributed by atoms with Gasteiger partial charge in [-0.2, -0.15) is 15.0 Å². The van der Waals surface area contributed by atoms with Gasteiger partial charge in [-0.3, -0.25) is 4.79 Å². The first-order valence-corrected chi connectivity index (χ1v) is 10.9. The number of nitrogens with zero attached hydrogens (tertiary/aromatic N) is 3. The molecule has 0 aliphatic carbocycles. The van der Waals surface area contributed by atoms with Crippen molar-refractivity contribution in [3.05, 3.63) is 58.3 Å². The van der Waals surface area contributed by atoms with Gasteiger partial charge in [-0.25, -0.2) is 0 Å². The van der Waals surface area contributed by atoms with Gasteiger partial charge in [-0.05, 0) is 49.4 Å². The first-order valence-electron chi connectivity index (χ1n) is 9.13. The quantitative estimate of drug-likeness (QED) is 0.423. The summed E-state index contributed by atoms with van der Waals surface area (Å²) in [6.45, 7) is 1.79. The van der Waals surface area contributed by atoms with Crippen LogP contribution in [0.25, 0.3) is 0 Å². The second-order valence-corrected chi connectivity index (χ2v) is 8.53. The Morgan fingerprint density at radius 3 is 2.52 bits per heavy atom. The molecule has 0 bridgehead atoms. The third-order valence-corrected chi connectivity index (χ3v) is 5.74. The Morgan fingerprint density at radius 1 is 1.13 bits per heavy atom. The Hall–Kier alpha value is -2.75. The van der Waals surface area contributed by atoms with Gasteiger partial charge in [0.25, 0.3) is 0 Å². The number of carbonyl (C=O) groups is 1. The van der Waals surface area contributed by atoms with Crippen molar-refractivity contribution in [2.24, 2.45) is 0 Å². The van der Waals surface area contributed by atoms with Gasteiger partial charge < -0.3 is 21.1 Å². The number of carbonyl (C=O) groups excluding carboxylic acids is 1. The Bertz CT molecular complexity index is 1070. The van der Waals surface area contributed by atoms with Crippen molar-refractivity contribution in [3.8, 4) is 5.75 Å². The van der Waals surface area contributed by atoms with Crippen LogP contribution in [0.1, 0.15) is 12.7 Å². The number of methoxy groups -OCH3 is 1. The van der Waals surface area contributed by atoms with Gasteiger partial charge in [0.15, 0.2) is 0 Å². The van der Waals surface area contributed by atoms with Crippen molar-refractivity contribution in [1.82, 2.24) is 15.0 Å². The van der Waals surface area contributed by atoms with E-state index in [9.17, 15) is 4.79 Å². The number of hydrogen-bond donors (Lipinski definition) is 3. The summed E-state index contributed by atoms with van der Waals surface area (Å²) >= 11 is 13.4. The van der Waals surface area contributed by atoms with Crippen LogP contribution in [-0.4, -0.2) is 33.2 Å². The van der Waals surface area contributed by atoms with E-state index in [-0.39, 0.29) is 17.1 Å². The molecule has 0 fully saturated rings. The molecular formula is C20H20Cl2N6O2S. The fourth-order valence-corrected chi connectivity index (χ4v) is 3.61. The van der Waals surface area contributed by atoms with Crippen molar-refractivity contribution < 1.29 is 9.53 Å². The van der Waals surface area contributed by atoms with Crippen molar-refractivity contribution in [2.75, 3.05) is 23.5 Å². The molecule has 0 saturated carbocycles. The molecule has 1 heterocycles. The van der Waals surface area contributed by atoms with Gasteiger partial charge in [-0.1, -0.05) is 23.2 Å². The number of amides is 1. The van der Waals surface area contributed by atoms with Crippen LogP contribution in [-0.2, 0) is 10.5 Å². The zero-order valence-corrected chi connectivity index (χ0v) is 19.1. The number of thioether (sulfide) groups is 1. The number of aromatic nitrogens is 3. The van der Waals surface area contributed by atoms with E-state index in [1.54, 1.807) is 49.4 Å². The molecule has 4 N–H and O–H groups in total. The lowest BCUT2D eigenvalue weighted by molar-refractivity contribution is -0.115. The molecule has 2 aromatic carbocycles. The first-order chi connectivity index (χ1) is 14.8. The maximum Gasteiger partial charge on any atom is 0.237 e. The molecule has 0 radical (unpaired) electrons. The lowest BCUT2D eigenvalue weighted by atomic mass is 10.3. The summed E-state index contributed by atoms with van der Waals surface area (Å²) < 4.78 is 5.11. The molecule has 0 aliphatic rings. The highest BCUT2D eigenvalue weighted by Gasteiger charge is 2.16. The van der Waals surface area contributed by atoms with Crippen molar-refractivity contribution in [1.29, 1.82) is 0 Å². The van der Waals surface area contributed by atoms with Gasteiger partial charge >= 0.3 is 0 Å². The van der Waals surface area contributed by atoms with Crippen LogP contribution in [0.15, 0.2) is 42.5 Å². The van der Waals surface area contributed by atoms with Crippen molar-refractivity contribution >= 4 is 64.1 Å². The monoisotopic (exact) mass is 478 g/mol. The fraction of sp³-hybridized carbons (Fsp3) is 0.200. The minimum absolute atomic E-state index is 0.0899. The molecule has 8 nitrogen and oxygen atoms in total. The first kappa shape index (κ1) is 22.9. The highest BCUT2D eigenvalue weighted by molar-refractivity contribution is 7.99. The highest BCUT2D eigenvalue weighted by atomic mass is 35.5. The topological polar surface area (TPSA) is 115 Å². The van der Waals surface area contributed by atoms with E-state index < -0.39 is 0 Å². The second kappa shape index (κ2) is 10.5. The minimum atomic E-state index is -0.369. The number of ether oxygens (including phenoxy) is 1. The van der Waals surface area contributed by atoms with E-state index in [1.165, 1.54) is 18.9 Å². The number of nitrogen functional groups attached to an aromatic ring is 1. The highest BCUT2D eigenvalue weighted by Crippen LogP contribution is 2.28. The van der Waals surface area contributed by atoms with E-state index in [0.717, 1.165) is 5.69 Å². The summed E-state index contributed by atoms with van der Waals surface area (Å²) in [4.78, 5) is 25.1. The summed E-state index contributed by atoms with van der Waals surface area (Å²) in [5, 5.41) is 6.56. The zero-order chi connectivity index (χ0) is 22.4. The lowest BCUT2D eigenvalue weighted by Crippen LogP contribution is -2.22. The normalized spacial score (nSPS) is 11.6. The van der Waals surface area contributed by atoms with Gasteiger partial charge in [0.1, 0.15) is 11.6 Å². The van der Waals surface area contributed by atoms with Crippen LogP contribution >= 0.6 is 35.0 Å². The Labute approximate surface area is 193 Å². The van der Waals surface area contributed by atoms with Crippen LogP contribution < -0.4 is 21.1 Å². The Balaban J connectivity index is 1.59. The van der Waals surface area contributed by atoms with Gasteiger partial charge in [0.2, 0.25) is 17.8 Å². The number of rotatable bonds is 8. The van der Waals surface area contributed by atoms with E-state index in [1.807, 2.05) is 0 Å². The van der Waals surface area contributed by atoms with Crippen LogP contribution in [0, 0.1) is 0 Å². The summed E-state index contributed by atoms with van der Waals surface area (Å²) in [6.07, 6.45) is 0. The molecule has 0 spiro atoms. The largest absolute Gasteiger partial charge is 0.495 e. The number of halogens is 2. The molecule has 3 aromatic rings. The maximum absolute atomic E-state index is 12.5. The predicted octanol–water partition coefficient (Wildman–Crippen LogP) is 4.77. The molecule has 1 amide bonds. The number of nitrogens with one attached hydrogen (secondary N) is 2. The third kappa shape index (κ3) is 6.61. The molecule has 31 heavy (non-hydrogen) atoms. The Morgan fingerprint density at radius 2 is 1.84 bits per heavy atom. The molecule has 1 aromatic heterocycles. The zero-order valence-electron chi connectivity index (χ0n) is 16.7. The van der Waals surface area contributed by atoms with Crippen LogP contribution in [0.3, 0.4) is 0 Å². The summed E-state index contributed by atoms with van der Waals surface area (Å²) in [6, 6.07) is 12.2. The van der Waals surface area contributed by atoms with Crippen LogP contribution in [0.4, 0.5) is 23.3 Å². The van der Waals surface area contributed by atoms with Crippen LogP contribution in [0.2, 0.25) is 10.0 Å². The molecule has 162 valence electrons. The van der Waals surface area contributed by atoms with Gasteiger partial charge in [0, 0.05) is 16.4 Å². The number of anilines is 4. The standard InChI is InChI=1S/C20H20Cl2N6O2S/c1-11(18(29)24-14-7-8-16(30-2)15(22)9-14)31-10-17-26-19(23)28-20(27-17)25-13-5-3-12(21)4-6-13/h3-9,11H,10H2,1-2H3,(H,24,29)(H3,23,25,26,27,28)/t11-/m0/s1. The van der Waals surface area contributed by atoms with E-state index >= 15 is 0 Å². The average molecular weight is 479 g/mol. The Kier molecular flexibility index (Phi) is 7.78. The summed E-state index contributed by atoms with van der Waals surface area (Å²) in [5.41, 5.74) is 7.16. The summed E-state index contributed by atoms with van der Waals surface area (Å²) in [5.74, 6) is 1.61. The van der Waals surface area contributed by atoms with E-state index in [4.69, 9.17) is 33.7 Å². The second-order valence-electron chi connectivity index (χ2n) is 6.36. The molecular weight excluding hydrogens is 459 g/mol. The number of hydrogen-bond acceptors (Lipinski definition) is 8. The molecule has 3 rings (SSSR count). The summed E-state index contributed by atoms with van der Waals surface area (Å²) in [7, 11) is 1.53. The third-order valence-electron chi connectivity index (χ3n) is 4.05. The SMILES string of the molecule is COc1ccc(NC(=O)[C@H](C)SCc2nc(N)nc(Nc3ccc(Cl)cc3)n2)cc1Cl. The molecule has 11 heteroatoms. The maximum atomic E-state index is 12.5. The molecule has 0 saturated heterocycles. The average Bonchev–Trinajstić information content (AvgIpc) is 2.73.